The van der Waals surface area contributed by atoms with Gasteiger partial charge in [0.05, 0.1) is 0 Å². The van der Waals surface area contributed by atoms with Crippen molar-refractivity contribution in [2.75, 3.05) is 5.32 Å². The first-order valence-electron chi connectivity index (χ1n) is 4.81. The number of H-pyrrole nitrogens is 1. The standard InChI is InChI=1S/C12H10N2O2/c15-11-8-10(6-7-13-11)14-12(16)9-4-2-1-3-5-9/h1-8H,(H2,13,14,15,16). The Kier molecular flexibility index (Phi) is 2.82. The fraction of sp³-hybridized carbons (Fsp3) is 0. The van der Waals surface area contributed by atoms with Crippen molar-refractivity contribution < 1.29 is 4.79 Å². The van der Waals surface area contributed by atoms with Gasteiger partial charge in [-0.3, -0.25) is 9.59 Å². The third-order valence-electron chi connectivity index (χ3n) is 2.07. The smallest absolute Gasteiger partial charge is 0.255 e. The molecule has 1 heterocycles. The highest BCUT2D eigenvalue weighted by Crippen LogP contribution is 2.05. The molecule has 0 fully saturated rings. The van der Waals surface area contributed by atoms with Gasteiger partial charge in [-0.15, -0.1) is 0 Å². The lowest BCUT2D eigenvalue weighted by molar-refractivity contribution is 0.102. The number of hydrogen-bond acceptors (Lipinski definition) is 2. The average Bonchev–Trinajstić information content (AvgIpc) is 2.30. The minimum absolute atomic E-state index is 0.230. The van der Waals surface area contributed by atoms with Crippen molar-refractivity contribution in [3.05, 3.63) is 64.6 Å². The Hall–Kier alpha value is -2.36. The van der Waals surface area contributed by atoms with Crippen LogP contribution in [0, 0.1) is 0 Å². The van der Waals surface area contributed by atoms with E-state index in [0.29, 0.717) is 11.3 Å². The third-order valence-corrected chi connectivity index (χ3v) is 2.07. The molecule has 2 N–H and O–H groups in total. The molecule has 0 saturated heterocycles. The molecule has 16 heavy (non-hydrogen) atoms. The highest BCUT2D eigenvalue weighted by molar-refractivity contribution is 6.04. The van der Waals surface area contributed by atoms with E-state index >= 15 is 0 Å². The normalized spacial score (nSPS) is 9.75. The molecule has 1 aromatic heterocycles. The second-order valence-corrected chi connectivity index (χ2v) is 3.26. The molecule has 0 aliphatic rings. The maximum atomic E-state index is 11.7. The summed E-state index contributed by atoms with van der Waals surface area (Å²) in [7, 11) is 0. The van der Waals surface area contributed by atoms with Gasteiger partial charge in [0.15, 0.2) is 0 Å². The Bertz CT molecular complexity index is 546. The number of anilines is 1. The van der Waals surface area contributed by atoms with E-state index in [4.69, 9.17) is 0 Å². The second-order valence-electron chi connectivity index (χ2n) is 3.26. The number of aromatic nitrogens is 1. The van der Waals surface area contributed by atoms with E-state index in [2.05, 4.69) is 10.3 Å². The van der Waals surface area contributed by atoms with Crippen LogP contribution in [0.15, 0.2) is 53.5 Å². The predicted molar refractivity (Wildman–Crippen MR) is 61.5 cm³/mol. The van der Waals surface area contributed by atoms with Gasteiger partial charge in [0.1, 0.15) is 0 Å². The third kappa shape index (κ3) is 2.36. The van der Waals surface area contributed by atoms with Gasteiger partial charge in [-0.2, -0.15) is 0 Å². The predicted octanol–water partition coefficient (Wildman–Crippen LogP) is 1.63. The van der Waals surface area contributed by atoms with Crippen LogP contribution in [-0.2, 0) is 0 Å². The first-order chi connectivity index (χ1) is 7.75. The molecule has 1 aromatic carbocycles. The Morgan fingerprint density at radius 1 is 1.12 bits per heavy atom. The SMILES string of the molecule is O=C(Nc1cc[nH]c(=O)c1)c1ccccc1. The summed E-state index contributed by atoms with van der Waals surface area (Å²) >= 11 is 0. The van der Waals surface area contributed by atoms with E-state index < -0.39 is 0 Å². The van der Waals surface area contributed by atoms with Gasteiger partial charge in [0, 0.05) is 23.5 Å². The van der Waals surface area contributed by atoms with Gasteiger partial charge in [-0.25, -0.2) is 0 Å². The summed E-state index contributed by atoms with van der Waals surface area (Å²) in [4.78, 5) is 25.2. The molecule has 0 unspecified atom stereocenters. The summed E-state index contributed by atoms with van der Waals surface area (Å²) < 4.78 is 0. The molecule has 1 amide bonds. The molecular formula is C12H10N2O2. The van der Waals surface area contributed by atoms with Crippen LogP contribution in [0.4, 0.5) is 5.69 Å². The summed E-state index contributed by atoms with van der Waals surface area (Å²) in [5.74, 6) is -0.230. The first kappa shape index (κ1) is 10.2. The summed E-state index contributed by atoms with van der Waals surface area (Å²) in [6, 6.07) is 11.8. The van der Waals surface area contributed by atoms with Gasteiger partial charge < -0.3 is 10.3 Å². The Morgan fingerprint density at radius 2 is 1.88 bits per heavy atom. The van der Waals surface area contributed by atoms with E-state index in [1.54, 1.807) is 30.3 Å². The van der Waals surface area contributed by atoms with E-state index in [0.717, 1.165) is 0 Å². The van der Waals surface area contributed by atoms with Crippen molar-refractivity contribution in [3.8, 4) is 0 Å². The number of carbonyl (C=O) groups is 1. The van der Waals surface area contributed by atoms with Crippen molar-refractivity contribution in [2.45, 2.75) is 0 Å². The van der Waals surface area contributed by atoms with E-state index in [1.165, 1.54) is 12.3 Å². The monoisotopic (exact) mass is 214 g/mol. The number of rotatable bonds is 2. The van der Waals surface area contributed by atoms with Crippen LogP contribution < -0.4 is 10.9 Å². The molecule has 2 rings (SSSR count). The highest BCUT2D eigenvalue weighted by Gasteiger charge is 2.04. The maximum absolute atomic E-state index is 11.7. The zero-order valence-corrected chi connectivity index (χ0v) is 8.44. The first-order valence-corrected chi connectivity index (χ1v) is 4.81. The highest BCUT2D eigenvalue weighted by atomic mass is 16.1. The van der Waals surface area contributed by atoms with Crippen LogP contribution >= 0.6 is 0 Å². The van der Waals surface area contributed by atoms with E-state index in [-0.39, 0.29) is 11.5 Å². The molecule has 4 heteroatoms. The Balaban J connectivity index is 2.17. The van der Waals surface area contributed by atoms with Crippen LogP contribution in [-0.4, -0.2) is 10.9 Å². The average molecular weight is 214 g/mol. The van der Waals surface area contributed by atoms with Crippen LogP contribution in [0.1, 0.15) is 10.4 Å². The zero-order chi connectivity index (χ0) is 11.4. The number of pyridine rings is 1. The molecule has 2 aromatic rings. The van der Waals surface area contributed by atoms with Gasteiger partial charge >= 0.3 is 0 Å². The van der Waals surface area contributed by atoms with Crippen molar-refractivity contribution in [1.82, 2.24) is 4.98 Å². The van der Waals surface area contributed by atoms with E-state index in [1.807, 2.05) is 6.07 Å². The Morgan fingerprint density at radius 3 is 2.56 bits per heavy atom. The quantitative estimate of drug-likeness (QED) is 0.798. The number of benzene rings is 1. The molecule has 0 atom stereocenters. The molecule has 0 aliphatic heterocycles. The fourth-order valence-electron chi connectivity index (χ4n) is 1.32. The van der Waals surface area contributed by atoms with Crippen molar-refractivity contribution in [3.63, 3.8) is 0 Å². The molecule has 0 bridgehead atoms. The van der Waals surface area contributed by atoms with Crippen molar-refractivity contribution in [2.24, 2.45) is 0 Å². The summed E-state index contributed by atoms with van der Waals surface area (Å²) in [5, 5.41) is 2.64. The van der Waals surface area contributed by atoms with Gasteiger partial charge in [-0.05, 0) is 18.2 Å². The second kappa shape index (κ2) is 4.44. The lowest BCUT2D eigenvalue weighted by Gasteiger charge is -2.03. The topological polar surface area (TPSA) is 62.0 Å². The molecule has 80 valence electrons. The Labute approximate surface area is 91.9 Å². The number of carbonyl (C=O) groups excluding carboxylic acids is 1. The molecule has 0 aliphatic carbocycles. The summed E-state index contributed by atoms with van der Waals surface area (Å²) in [6.45, 7) is 0. The molecular weight excluding hydrogens is 204 g/mol. The van der Waals surface area contributed by atoms with E-state index in [9.17, 15) is 9.59 Å². The number of amides is 1. The van der Waals surface area contributed by atoms with Crippen LogP contribution in [0.5, 0.6) is 0 Å². The zero-order valence-electron chi connectivity index (χ0n) is 8.44. The van der Waals surface area contributed by atoms with Crippen LogP contribution in [0.2, 0.25) is 0 Å². The van der Waals surface area contributed by atoms with Crippen LogP contribution in [0.3, 0.4) is 0 Å². The lowest BCUT2D eigenvalue weighted by atomic mass is 10.2. The minimum Gasteiger partial charge on any atom is -0.329 e. The number of aromatic amines is 1. The van der Waals surface area contributed by atoms with Gasteiger partial charge in [0.2, 0.25) is 5.56 Å². The molecule has 0 radical (unpaired) electrons. The molecule has 0 saturated carbocycles. The molecule has 4 nitrogen and oxygen atoms in total. The largest absolute Gasteiger partial charge is 0.329 e. The van der Waals surface area contributed by atoms with Crippen LogP contribution in [0.25, 0.3) is 0 Å². The van der Waals surface area contributed by atoms with Gasteiger partial charge in [0.25, 0.3) is 5.91 Å². The summed E-state index contributed by atoms with van der Waals surface area (Å²) in [5.41, 5.74) is 0.797. The number of nitrogens with one attached hydrogen (secondary N) is 2. The number of hydrogen-bond donors (Lipinski definition) is 2. The summed E-state index contributed by atoms with van der Waals surface area (Å²) in [6.07, 6.45) is 1.49. The van der Waals surface area contributed by atoms with Crippen molar-refractivity contribution in [1.29, 1.82) is 0 Å². The fourth-order valence-corrected chi connectivity index (χ4v) is 1.32. The maximum Gasteiger partial charge on any atom is 0.255 e. The lowest BCUT2D eigenvalue weighted by Crippen LogP contribution is -2.14. The minimum atomic E-state index is -0.245. The van der Waals surface area contributed by atoms with Crippen molar-refractivity contribution >= 4 is 11.6 Å². The van der Waals surface area contributed by atoms with Gasteiger partial charge in [-0.1, -0.05) is 18.2 Å². The molecule has 0 spiro atoms.